The minimum atomic E-state index is -2.99. The number of hydrazine groups is 1. The smallest absolute Gasteiger partial charge is 0.150 e. The summed E-state index contributed by atoms with van der Waals surface area (Å²) in [6, 6.07) is 3.64. The number of nitrogens with two attached hydrogens (primary N) is 1. The quantitative estimate of drug-likeness (QED) is 0.632. The minimum absolute atomic E-state index is 0.130. The molecule has 3 atom stereocenters. The average Bonchev–Trinajstić information content (AvgIpc) is 2.41. The van der Waals surface area contributed by atoms with E-state index in [0.29, 0.717) is 6.42 Å². The zero-order valence-electron chi connectivity index (χ0n) is 11.4. The van der Waals surface area contributed by atoms with Crippen molar-refractivity contribution in [1.29, 1.82) is 0 Å². The van der Waals surface area contributed by atoms with Crippen molar-refractivity contribution in [3.63, 3.8) is 0 Å². The number of pyridine rings is 1. The largest absolute Gasteiger partial charge is 0.271 e. The van der Waals surface area contributed by atoms with E-state index in [9.17, 15) is 8.42 Å². The highest BCUT2D eigenvalue weighted by Crippen LogP contribution is 2.37. The van der Waals surface area contributed by atoms with Gasteiger partial charge in [-0.2, -0.15) is 0 Å². The zero-order valence-corrected chi connectivity index (χ0v) is 13.8. The highest BCUT2D eigenvalue weighted by atomic mass is 79.9. The van der Waals surface area contributed by atoms with Crippen molar-refractivity contribution in [3.05, 3.63) is 28.5 Å². The lowest BCUT2D eigenvalue weighted by atomic mass is 9.82. The van der Waals surface area contributed by atoms with Gasteiger partial charge in [-0.3, -0.25) is 16.3 Å². The Morgan fingerprint density at radius 1 is 1.50 bits per heavy atom. The summed E-state index contributed by atoms with van der Waals surface area (Å²) in [6.07, 6.45) is 6.30. The van der Waals surface area contributed by atoms with Gasteiger partial charge >= 0.3 is 0 Å². The van der Waals surface area contributed by atoms with Crippen molar-refractivity contribution >= 4 is 25.8 Å². The molecule has 1 aliphatic rings. The normalized spacial score (nSPS) is 25.4. The Balaban J connectivity index is 2.22. The molecule has 1 aromatic heterocycles. The molecule has 1 heterocycles. The molecular weight excluding hydrogens is 342 g/mol. The highest BCUT2D eigenvalue weighted by molar-refractivity contribution is 9.10. The molecule has 0 spiro atoms. The number of rotatable bonds is 4. The second-order valence-electron chi connectivity index (χ2n) is 5.39. The summed E-state index contributed by atoms with van der Waals surface area (Å²) >= 11 is 3.48. The molecule has 1 aliphatic carbocycles. The van der Waals surface area contributed by atoms with E-state index >= 15 is 0 Å². The topological polar surface area (TPSA) is 85.1 Å². The van der Waals surface area contributed by atoms with Crippen molar-refractivity contribution in [1.82, 2.24) is 10.4 Å². The molecule has 2 rings (SSSR count). The number of sulfone groups is 1. The fourth-order valence-corrected chi connectivity index (χ4v) is 4.63. The number of aromatic nitrogens is 1. The Morgan fingerprint density at radius 2 is 2.25 bits per heavy atom. The van der Waals surface area contributed by atoms with E-state index in [0.717, 1.165) is 29.4 Å². The van der Waals surface area contributed by atoms with Gasteiger partial charge in [0.1, 0.15) is 9.84 Å². The van der Waals surface area contributed by atoms with Crippen LogP contribution in [0.2, 0.25) is 0 Å². The van der Waals surface area contributed by atoms with Crippen LogP contribution in [0.15, 0.2) is 22.8 Å². The van der Waals surface area contributed by atoms with Crippen molar-refractivity contribution in [2.75, 3.05) is 6.26 Å². The van der Waals surface area contributed by atoms with Crippen molar-refractivity contribution in [2.24, 2.45) is 11.8 Å². The maximum Gasteiger partial charge on any atom is 0.150 e. The van der Waals surface area contributed by atoms with Gasteiger partial charge in [-0.15, -0.1) is 0 Å². The molecule has 20 heavy (non-hydrogen) atoms. The first kappa shape index (κ1) is 15.9. The predicted molar refractivity (Wildman–Crippen MR) is 82.6 cm³/mol. The molecule has 0 aromatic carbocycles. The van der Waals surface area contributed by atoms with Gasteiger partial charge in [0.05, 0.1) is 17.0 Å². The molecule has 7 heteroatoms. The lowest BCUT2D eigenvalue weighted by Crippen LogP contribution is -2.39. The number of halogens is 1. The van der Waals surface area contributed by atoms with E-state index in [1.54, 1.807) is 6.20 Å². The first-order chi connectivity index (χ1) is 9.43. The number of nitrogens with zero attached hydrogens (tertiary/aromatic N) is 1. The Labute approximate surface area is 128 Å². The molecule has 0 aliphatic heterocycles. The highest BCUT2D eigenvalue weighted by Gasteiger charge is 2.34. The third-order valence-corrected chi connectivity index (χ3v) is 6.31. The minimum Gasteiger partial charge on any atom is -0.271 e. The molecule has 112 valence electrons. The molecular formula is C13H20BrN3O2S. The monoisotopic (exact) mass is 361 g/mol. The molecule has 0 amide bonds. The van der Waals surface area contributed by atoms with E-state index < -0.39 is 9.84 Å². The summed E-state index contributed by atoms with van der Waals surface area (Å²) < 4.78 is 24.4. The summed E-state index contributed by atoms with van der Waals surface area (Å²) in [7, 11) is -2.99. The Bertz CT molecular complexity index is 564. The SMILES string of the molecule is CS(=O)(=O)C1CCCC(C(NN)c2ncccc2Br)C1. The van der Waals surface area contributed by atoms with Crippen molar-refractivity contribution in [3.8, 4) is 0 Å². The first-order valence-corrected chi connectivity index (χ1v) is 9.43. The molecule has 1 fully saturated rings. The number of hydrogen-bond acceptors (Lipinski definition) is 5. The second-order valence-corrected chi connectivity index (χ2v) is 8.57. The lowest BCUT2D eigenvalue weighted by molar-refractivity contribution is 0.270. The van der Waals surface area contributed by atoms with Crippen LogP contribution >= 0.6 is 15.9 Å². The first-order valence-electron chi connectivity index (χ1n) is 6.69. The van der Waals surface area contributed by atoms with Crippen LogP contribution in [0.4, 0.5) is 0 Å². The van der Waals surface area contributed by atoms with Gasteiger partial charge in [0.2, 0.25) is 0 Å². The molecule has 1 aromatic rings. The summed E-state index contributed by atoms with van der Waals surface area (Å²) in [4.78, 5) is 4.37. The molecule has 1 saturated carbocycles. The Morgan fingerprint density at radius 3 is 2.85 bits per heavy atom. The fraction of sp³-hybridized carbons (Fsp3) is 0.615. The second kappa shape index (κ2) is 6.51. The van der Waals surface area contributed by atoms with Gasteiger partial charge < -0.3 is 0 Å². The van der Waals surface area contributed by atoms with E-state index in [4.69, 9.17) is 5.84 Å². The Kier molecular flexibility index (Phi) is 5.17. The third kappa shape index (κ3) is 3.58. The zero-order chi connectivity index (χ0) is 14.8. The van der Waals surface area contributed by atoms with Gasteiger partial charge in [0, 0.05) is 16.9 Å². The van der Waals surface area contributed by atoms with Gasteiger partial charge in [-0.1, -0.05) is 6.42 Å². The summed E-state index contributed by atoms with van der Waals surface area (Å²) in [5.41, 5.74) is 3.66. The van der Waals surface area contributed by atoms with E-state index in [-0.39, 0.29) is 17.2 Å². The van der Waals surface area contributed by atoms with Crippen molar-refractivity contribution < 1.29 is 8.42 Å². The van der Waals surface area contributed by atoms with Gasteiger partial charge in [0.25, 0.3) is 0 Å². The van der Waals surface area contributed by atoms with E-state index in [2.05, 4.69) is 26.3 Å². The third-order valence-electron chi connectivity index (χ3n) is 4.00. The fourth-order valence-electron chi connectivity index (χ4n) is 2.94. The van der Waals surface area contributed by atoms with Crippen molar-refractivity contribution in [2.45, 2.75) is 37.0 Å². The van der Waals surface area contributed by atoms with Crippen LogP contribution in [0.1, 0.15) is 37.4 Å². The molecule has 5 nitrogen and oxygen atoms in total. The maximum atomic E-state index is 11.8. The van der Waals surface area contributed by atoms with Gasteiger partial charge in [-0.25, -0.2) is 8.42 Å². The number of hydrogen-bond donors (Lipinski definition) is 2. The van der Waals surface area contributed by atoms with Crippen LogP contribution in [-0.2, 0) is 9.84 Å². The Hall–Kier alpha value is -0.500. The number of nitrogens with one attached hydrogen (secondary N) is 1. The predicted octanol–water partition coefficient (Wildman–Crippen LogP) is 1.95. The summed E-state index contributed by atoms with van der Waals surface area (Å²) in [5, 5.41) is -0.264. The van der Waals surface area contributed by atoms with Crippen LogP contribution in [0.5, 0.6) is 0 Å². The van der Waals surface area contributed by atoms with Crippen LogP contribution in [0.3, 0.4) is 0 Å². The van der Waals surface area contributed by atoms with Crippen LogP contribution in [-0.4, -0.2) is 24.9 Å². The van der Waals surface area contributed by atoms with Crippen LogP contribution in [0, 0.1) is 5.92 Å². The molecule has 0 saturated heterocycles. The van der Waals surface area contributed by atoms with Gasteiger partial charge in [0.15, 0.2) is 0 Å². The molecule has 3 N–H and O–H groups in total. The van der Waals surface area contributed by atoms with E-state index in [1.807, 2.05) is 12.1 Å². The average molecular weight is 362 g/mol. The molecule has 0 bridgehead atoms. The van der Waals surface area contributed by atoms with Gasteiger partial charge in [-0.05, 0) is 53.2 Å². The van der Waals surface area contributed by atoms with Crippen LogP contribution < -0.4 is 11.3 Å². The molecule has 3 unspecified atom stereocenters. The summed E-state index contributed by atoms with van der Waals surface area (Å²) in [6.45, 7) is 0. The van der Waals surface area contributed by atoms with Crippen LogP contribution in [0.25, 0.3) is 0 Å². The standard InChI is InChI=1S/C13H20BrN3O2S/c1-20(18,19)10-5-2-4-9(8-10)12(17-15)13-11(14)6-3-7-16-13/h3,6-7,9-10,12,17H,2,4-5,8,15H2,1H3. The maximum absolute atomic E-state index is 11.8. The lowest BCUT2D eigenvalue weighted by Gasteiger charge is -2.33. The van der Waals surface area contributed by atoms with E-state index in [1.165, 1.54) is 6.26 Å². The summed E-state index contributed by atoms with van der Waals surface area (Å²) in [5.74, 6) is 5.88. The molecule has 0 radical (unpaired) electrons.